The first-order valence-corrected chi connectivity index (χ1v) is 10.1. The predicted octanol–water partition coefficient (Wildman–Crippen LogP) is 1.14. The van der Waals surface area contributed by atoms with Gasteiger partial charge in [0.2, 0.25) is 10.0 Å². The van der Waals surface area contributed by atoms with Crippen LogP contribution in [0.4, 0.5) is 10.7 Å². The Hall–Kier alpha value is -1.04. The molecule has 0 saturated carbocycles. The van der Waals surface area contributed by atoms with Crippen LogP contribution in [-0.2, 0) is 20.8 Å². The fourth-order valence-electron chi connectivity index (χ4n) is 1.38. The Morgan fingerprint density at radius 2 is 2.10 bits per heavy atom. The fraction of sp³-hybridized carbons (Fsp3) is 0.600. The molecule has 0 aromatic carbocycles. The molecule has 0 spiro atoms. The van der Waals surface area contributed by atoms with Crippen LogP contribution >= 0.6 is 11.3 Å². The van der Waals surface area contributed by atoms with Crippen LogP contribution in [0, 0.1) is 10.1 Å². The summed E-state index contributed by atoms with van der Waals surface area (Å²) in [7, 11) is -4.94. The fourth-order valence-corrected chi connectivity index (χ4v) is 4.33. The molecule has 0 aliphatic carbocycles. The largest absolute Gasteiger partial charge is 0.371 e. The van der Waals surface area contributed by atoms with Crippen molar-refractivity contribution in [3.8, 4) is 0 Å². The lowest BCUT2D eigenvalue weighted by Gasteiger charge is -2.02. The molecular weight excluding hydrogens is 338 g/mol. The van der Waals surface area contributed by atoms with Crippen molar-refractivity contribution >= 4 is 42.8 Å². The Morgan fingerprint density at radius 3 is 2.62 bits per heavy atom. The van der Waals surface area contributed by atoms with Crippen molar-refractivity contribution in [2.24, 2.45) is 0 Å². The van der Waals surface area contributed by atoms with Crippen molar-refractivity contribution < 1.29 is 17.6 Å². The Labute approximate surface area is 129 Å². The lowest BCUT2D eigenvalue weighted by Crippen LogP contribution is -2.27. The second kappa shape index (κ2) is 7.82. The average molecular weight is 355 g/mol. The van der Waals surface area contributed by atoms with Gasteiger partial charge in [-0.3, -0.25) is 14.3 Å². The second-order valence-electron chi connectivity index (χ2n) is 4.14. The summed E-state index contributed by atoms with van der Waals surface area (Å²) in [4.78, 5) is 10.3. The molecule has 0 aliphatic rings. The number of nitro groups is 1. The van der Waals surface area contributed by atoms with Gasteiger partial charge in [0.15, 0.2) is 5.00 Å². The molecule has 21 heavy (non-hydrogen) atoms. The van der Waals surface area contributed by atoms with Crippen LogP contribution in [-0.4, -0.2) is 42.6 Å². The van der Waals surface area contributed by atoms with E-state index in [1.165, 1.54) is 6.26 Å². The molecule has 0 fully saturated rings. The molecule has 1 aromatic heterocycles. The predicted molar refractivity (Wildman–Crippen MR) is 83.9 cm³/mol. The van der Waals surface area contributed by atoms with Gasteiger partial charge in [-0.05, 0) is 6.42 Å². The van der Waals surface area contributed by atoms with E-state index in [0.29, 0.717) is 6.54 Å². The molecule has 11 heteroatoms. The number of rotatable bonds is 9. The quantitative estimate of drug-likeness (QED) is 0.506. The highest BCUT2D eigenvalue weighted by atomic mass is 32.2. The minimum absolute atomic E-state index is 0.0227. The van der Waals surface area contributed by atoms with Crippen molar-refractivity contribution in [1.82, 2.24) is 4.72 Å². The molecule has 0 bridgehead atoms. The zero-order valence-electron chi connectivity index (χ0n) is 11.6. The Balaban J connectivity index is 2.96. The van der Waals surface area contributed by atoms with Gasteiger partial charge in [-0.15, -0.1) is 0 Å². The number of thiophene rings is 1. The highest BCUT2D eigenvalue weighted by Gasteiger charge is 2.25. The van der Waals surface area contributed by atoms with Gasteiger partial charge in [0.05, 0.1) is 4.92 Å². The minimum Gasteiger partial charge on any atom is -0.371 e. The number of hydrogen-bond acceptors (Lipinski definition) is 7. The van der Waals surface area contributed by atoms with E-state index in [9.17, 15) is 22.7 Å². The van der Waals surface area contributed by atoms with Crippen LogP contribution in [0.5, 0.6) is 0 Å². The summed E-state index contributed by atoms with van der Waals surface area (Å²) in [5.41, 5.74) is -0.257. The third kappa shape index (κ3) is 5.34. The standard InChI is InChI=1S/C10H17N3O5S3/c1-3-4-11-10-8(13(14)15)7-9(19-10)21(17,18)12-5-6-20(2)16/h7,11-12H,3-6H2,1-2H3. The monoisotopic (exact) mass is 355 g/mol. The number of nitrogens with one attached hydrogen (secondary N) is 2. The second-order valence-corrected chi connectivity index (χ2v) is 8.74. The molecule has 1 unspecified atom stereocenters. The molecule has 8 nitrogen and oxygen atoms in total. The van der Waals surface area contributed by atoms with Crippen LogP contribution in [0.2, 0.25) is 0 Å². The number of anilines is 1. The van der Waals surface area contributed by atoms with E-state index in [1.807, 2.05) is 6.92 Å². The lowest BCUT2D eigenvalue weighted by molar-refractivity contribution is -0.383. The van der Waals surface area contributed by atoms with Gasteiger partial charge in [0.25, 0.3) is 0 Å². The average Bonchev–Trinajstić information content (AvgIpc) is 2.80. The van der Waals surface area contributed by atoms with Gasteiger partial charge in [-0.2, -0.15) is 0 Å². The van der Waals surface area contributed by atoms with E-state index in [4.69, 9.17) is 0 Å². The van der Waals surface area contributed by atoms with Crippen LogP contribution in [0.25, 0.3) is 0 Å². The van der Waals surface area contributed by atoms with Gasteiger partial charge in [0.1, 0.15) is 4.21 Å². The highest BCUT2D eigenvalue weighted by molar-refractivity contribution is 7.91. The molecule has 0 aliphatic heterocycles. The molecule has 0 saturated heterocycles. The van der Waals surface area contributed by atoms with E-state index in [1.54, 1.807) is 0 Å². The summed E-state index contributed by atoms with van der Waals surface area (Å²) in [6.07, 6.45) is 2.23. The molecule has 0 radical (unpaired) electrons. The van der Waals surface area contributed by atoms with Gasteiger partial charge in [-0.1, -0.05) is 18.3 Å². The third-order valence-electron chi connectivity index (χ3n) is 2.37. The Kier molecular flexibility index (Phi) is 6.71. The third-order valence-corrected chi connectivity index (χ3v) is 6.16. The zero-order valence-corrected chi connectivity index (χ0v) is 14.1. The first-order chi connectivity index (χ1) is 9.77. The first kappa shape index (κ1) is 18.0. The molecule has 2 N–H and O–H groups in total. The first-order valence-electron chi connectivity index (χ1n) is 6.09. The molecular formula is C10H17N3O5S3. The summed E-state index contributed by atoms with van der Waals surface area (Å²) in [6.45, 7) is 2.44. The van der Waals surface area contributed by atoms with E-state index in [-0.39, 0.29) is 27.2 Å². The van der Waals surface area contributed by atoms with E-state index in [2.05, 4.69) is 10.0 Å². The molecule has 1 aromatic rings. The Bertz CT molecular complexity index is 626. The van der Waals surface area contributed by atoms with Gasteiger partial charge >= 0.3 is 5.69 Å². The van der Waals surface area contributed by atoms with Crippen molar-refractivity contribution in [2.45, 2.75) is 17.6 Å². The summed E-state index contributed by atoms with van der Waals surface area (Å²) >= 11 is 0.814. The normalized spacial score (nSPS) is 13.0. The maximum Gasteiger partial charge on any atom is 0.304 e. The van der Waals surface area contributed by atoms with Crippen LogP contribution in [0.1, 0.15) is 13.3 Å². The highest BCUT2D eigenvalue weighted by Crippen LogP contribution is 2.36. The van der Waals surface area contributed by atoms with Crippen molar-refractivity contribution in [3.05, 3.63) is 16.2 Å². The zero-order chi connectivity index (χ0) is 16.0. The molecule has 1 rings (SSSR count). The van der Waals surface area contributed by atoms with Crippen LogP contribution in [0.3, 0.4) is 0 Å². The molecule has 0 amide bonds. The van der Waals surface area contributed by atoms with Crippen molar-refractivity contribution in [2.75, 3.05) is 30.4 Å². The van der Waals surface area contributed by atoms with Crippen LogP contribution < -0.4 is 10.0 Å². The SMILES string of the molecule is CCCNc1sc(S(=O)(=O)NCCS(C)=O)cc1[N+](=O)[O-]. The molecule has 120 valence electrons. The number of hydrogen-bond donors (Lipinski definition) is 2. The Morgan fingerprint density at radius 1 is 1.43 bits per heavy atom. The van der Waals surface area contributed by atoms with Crippen molar-refractivity contribution in [3.63, 3.8) is 0 Å². The summed E-state index contributed by atoms with van der Waals surface area (Å²) < 4.78 is 37.1. The maximum absolute atomic E-state index is 12.0. The number of sulfonamides is 1. The molecule has 1 heterocycles. The van der Waals surface area contributed by atoms with E-state index in [0.717, 1.165) is 23.8 Å². The van der Waals surface area contributed by atoms with E-state index < -0.39 is 25.7 Å². The summed E-state index contributed by atoms with van der Waals surface area (Å²) in [5, 5.41) is 14.0. The summed E-state index contributed by atoms with van der Waals surface area (Å²) in [5.74, 6) is 0.188. The maximum atomic E-state index is 12.0. The summed E-state index contributed by atoms with van der Waals surface area (Å²) in [6, 6.07) is 1.04. The molecule has 1 atom stereocenters. The van der Waals surface area contributed by atoms with E-state index >= 15 is 0 Å². The minimum atomic E-state index is -3.83. The van der Waals surface area contributed by atoms with Gasteiger partial charge in [-0.25, -0.2) is 13.1 Å². The lowest BCUT2D eigenvalue weighted by atomic mass is 10.4. The van der Waals surface area contributed by atoms with Gasteiger partial charge in [0, 0.05) is 42.0 Å². The number of nitrogens with zero attached hydrogens (tertiary/aromatic N) is 1. The van der Waals surface area contributed by atoms with Gasteiger partial charge < -0.3 is 5.32 Å². The smallest absolute Gasteiger partial charge is 0.304 e. The van der Waals surface area contributed by atoms with Crippen molar-refractivity contribution in [1.29, 1.82) is 0 Å². The topological polar surface area (TPSA) is 118 Å². The van der Waals surface area contributed by atoms with Crippen LogP contribution in [0.15, 0.2) is 10.3 Å².